The standard InChI is InChI=1S/C11H17N3O2/c1-16-5-4-11(15)14-7-8-2-3-9(12)10(13)6-8/h2-3,6H,4-5,7,12-13H2,1H3,(H,14,15). The third-order valence-electron chi connectivity index (χ3n) is 2.17. The van der Waals surface area contributed by atoms with Crippen LogP contribution >= 0.6 is 0 Å². The lowest BCUT2D eigenvalue weighted by Gasteiger charge is -2.07. The molecule has 0 aliphatic carbocycles. The van der Waals surface area contributed by atoms with E-state index in [1.54, 1.807) is 19.2 Å². The Balaban J connectivity index is 2.42. The largest absolute Gasteiger partial charge is 0.397 e. The lowest BCUT2D eigenvalue weighted by atomic mass is 10.2. The summed E-state index contributed by atoms with van der Waals surface area (Å²) >= 11 is 0. The molecular formula is C11H17N3O2. The molecular weight excluding hydrogens is 206 g/mol. The molecule has 0 atom stereocenters. The van der Waals surface area contributed by atoms with E-state index in [2.05, 4.69) is 5.32 Å². The molecule has 0 saturated carbocycles. The first-order valence-corrected chi connectivity index (χ1v) is 5.03. The molecule has 0 fully saturated rings. The zero-order valence-electron chi connectivity index (χ0n) is 9.32. The summed E-state index contributed by atoms with van der Waals surface area (Å²) in [7, 11) is 1.56. The number of ether oxygens (including phenoxy) is 1. The minimum Gasteiger partial charge on any atom is -0.397 e. The number of hydrogen-bond acceptors (Lipinski definition) is 4. The number of benzene rings is 1. The monoisotopic (exact) mass is 223 g/mol. The highest BCUT2D eigenvalue weighted by Crippen LogP contribution is 2.15. The highest BCUT2D eigenvalue weighted by Gasteiger charge is 2.01. The van der Waals surface area contributed by atoms with Gasteiger partial charge in [0.2, 0.25) is 5.91 Å². The summed E-state index contributed by atoms with van der Waals surface area (Å²) in [4.78, 5) is 11.3. The molecule has 1 aromatic rings. The van der Waals surface area contributed by atoms with E-state index in [4.69, 9.17) is 16.2 Å². The molecule has 1 aromatic carbocycles. The van der Waals surface area contributed by atoms with E-state index in [1.807, 2.05) is 6.07 Å². The van der Waals surface area contributed by atoms with E-state index < -0.39 is 0 Å². The predicted octanol–water partition coefficient (Wildman–Crippen LogP) is 0.504. The first-order valence-electron chi connectivity index (χ1n) is 5.03. The molecule has 16 heavy (non-hydrogen) atoms. The maximum Gasteiger partial charge on any atom is 0.222 e. The summed E-state index contributed by atoms with van der Waals surface area (Å²) in [6.45, 7) is 0.878. The summed E-state index contributed by atoms with van der Waals surface area (Å²) in [6.07, 6.45) is 0.362. The average molecular weight is 223 g/mol. The van der Waals surface area contributed by atoms with Crippen LogP contribution in [-0.4, -0.2) is 19.6 Å². The van der Waals surface area contributed by atoms with Crippen molar-refractivity contribution in [1.82, 2.24) is 5.32 Å². The van der Waals surface area contributed by atoms with E-state index >= 15 is 0 Å². The van der Waals surface area contributed by atoms with Crippen molar-refractivity contribution >= 4 is 17.3 Å². The molecule has 0 heterocycles. The molecule has 0 unspecified atom stereocenters. The van der Waals surface area contributed by atoms with Gasteiger partial charge in [-0.1, -0.05) is 6.07 Å². The number of hydrogen-bond donors (Lipinski definition) is 3. The Bertz CT molecular complexity index is 366. The molecule has 5 nitrogen and oxygen atoms in total. The Hall–Kier alpha value is -1.75. The van der Waals surface area contributed by atoms with Gasteiger partial charge in [-0.2, -0.15) is 0 Å². The second kappa shape index (κ2) is 5.97. The van der Waals surface area contributed by atoms with Crippen molar-refractivity contribution in [3.8, 4) is 0 Å². The van der Waals surface area contributed by atoms with E-state index in [9.17, 15) is 4.79 Å². The maximum atomic E-state index is 11.3. The van der Waals surface area contributed by atoms with Gasteiger partial charge in [-0.15, -0.1) is 0 Å². The van der Waals surface area contributed by atoms with E-state index in [1.165, 1.54) is 0 Å². The van der Waals surface area contributed by atoms with Crippen molar-refractivity contribution in [2.45, 2.75) is 13.0 Å². The number of nitrogen functional groups attached to an aromatic ring is 2. The zero-order valence-corrected chi connectivity index (χ0v) is 9.32. The Labute approximate surface area is 94.8 Å². The third kappa shape index (κ3) is 3.78. The van der Waals surface area contributed by atoms with Crippen molar-refractivity contribution in [2.24, 2.45) is 0 Å². The van der Waals surface area contributed by atoms with E-state index in [0.29, 0.717) is 30.9 Å². The van der Waals surface area contributed by atoms with Gasteiger partial charge in [-0.05, 0) is 17.7 Å². The number of carbonyl (C=O) groups is 1. The summed E-state index contributed by atoms with van der Waals surface area (Å²) in [5.74, 6) is -0.0442. The maximum absolute atomic E-state index is 11.3. The second-order valence-corrected chi connectivity index (χ2v) is 3.48. The number of nitrogens with one attached hydrogen (secondary N) is 1. The summed E-state index contributed by atoms with van der Waals surface area (Å²) in [5.41, 5.74) is 13.2. The van der Waals surface area contributed by atoms with Crippen LogP contribution in [0.15, 0.2) is 18.2 Å². The van der Waals surface area contributed by atoms with Crippen molar-refractivity contribution in [1.29, 1.82) is 0 Å². The number of nitrogens with two attached hydrogens (primary N) is 2. The number of carbonyl (C=O) groups excluding carboxylic acids is 1. The topological polar surface area (TPSA) is 90.4 Å². The van der Waals surface area contributed by atoms with Crippen molar-refractivity contribution < 1.29 is 9.53 Å². The SMILES string of the molecule is COCCC(=O)NCc1ccc(N)c(N)c1. The molecule has 0 bridgehead atoms. The van der Waals surface area contributed by atoms with Crippen molar-refractivity contribution in [2.75, 3.05) is 25.2 Å². The quantitative estimate of drug-likeness (QED) is 0.634. The van der Waals surface area contributed by atoms with Gasteiger partial charge in [0.1, 0.15) is 0 Å². The van der Waals surface area contributed by atoms with Gasteiger partial charge in [0.05, 0.1) is 18.0 Å². The predicted molar refractivity (Wildman–Crippen MR) is 63.6 cm³/mol. The smallest absolute Gasteiger partial charge is 0.222 e. The molecule has 0 aliphatic rings. The minimum atomic E-state index is -0.0442. The van der Waals surface area contributed by atoms with Crippen LogP contribution < -0.4 is 16.8 Å². The number of rotatable bonds is 5. The molecule has 5 N–H and O–H groups in total. The fourth-order valence-electron chi connectivity index (χ4n) is 1.22. The van der Waals surface area contributed by atoms with Gasteiger partial charge in [-0.3, -0.25) is 4.79 Å². The van der Waals surface area contributed by atoms with Crippen molar-refractivity contribution in [3.05, 3.63) is 23.8 Å². The summed E-state index contributed by atoms with van der Waals surface area (Å²) in [5, 5.41) is 2.77. The Kier molecular flexibility index (Phi) is 4.60. The van der Waals surface area contributed by atoms with Crippen LogP contribution in [0.1, 0.15) is 12.0 Å². The number of amides is 1. The molecule has 88 valence electrons. The van der Waals surface area contributed by atoms with E-state index in [-0.39, 0.29) is 5.91 Å². The van der Waals surface area contributed by atoms with Crippen LogP contribution in [0.2, 0.25) is 0 Å². The molecule has 5 heteroatoms. The number of methoxy groups -OCH3 is 1. The Morgan fingerprint density at radius 1 is 1.38 bits per heavy atom. The van der Waals surface area contributed by atoms with Crippen LogP contribution in [0.3, 0.4) is 0 Å². The average Bonchev–Trinajstić information content (AvgIpc) is 2.28. The lowest BCUT2D eigenvalue weighted by Crippen LogP contribution is -2.23. The first kappa shape index (κ1) is 12.3. The third-order valence-corrected chi connectivity index (χ3v) is 2.17. The van der Waals surface area contributed by atoms with Crippen LogP contribution in [-0.2, 0) is 16.1 Å². The molecule has 1 amide bonds. The van der Waals surface area contributed by atoms with Crippen LogP contribution in [0.25, 0.3) is 0 Å². The molecule has 0 aliphatic heterocycles. The summed E-state index contributed by atoms with van der Waals surface area (Å²) < 4.78 is 4.80. The molecule has 1 rings (SSSR count). The molecule has 0 radical (unpaired) electrons. The van der Waals surface area contributed by atoms with Crippen LogP contribution in [0.4, 0.5) is 11.4 Å². The van der Waals surface area contributed by atoms with Crippen molar-refractivity contribution in [3.63, 3.8) is 0 Å². The highest BCUT2D eigenvalue weighted by molar-refractivity contribution is 5.76. The molecule has 0 spiro atoms. The van der Waals surface area contributed by atoms with Gasteiger partial charge in [0.25, 0.3) is 0 Å². The Morgan fingerprint density at radius 3 is 2.75 bits per heavy atom. The first-order chi connectivity index (χ1) is 7.63. The van der Waals surface area contributed by atoms with Gasteiger partial charge >= 0.3 is 0 Å². The van der Waals surface area contributed by atoms with Gasteiger partial charge < -0.3 is 21.5 Å². The molecule has 0 aromatic heterocycles. The van der Waals surface area contributed by atoms with Crippen LogP contribution in [0.5, 0.6) is 0 Å². The normalized spacial score (nSPS) is 10.1. The minimum absolute atomic E-state index is 0.0442. The highest BCUT2D eigenvalue weighted by atomic mass is 16.5. The Morgan fingerprint density at radius 2 is 2.12 bits per heavy atom. The van der Waals surface area contributed by atoms with Gasteiger partial charge in [-0.25, -0.2) is 0 Å². The fraction of sp³-hybridized carbons (Fsp3) is 0.364. The second-order valence-electron chi connectivity index (χ2n) is 3.48. The van der Waals surface area contributed by atoms with Gasteiger partial charge in [0, 0.05) is 20.1 Å². The van der Waals surface area contributed by atoms with Crippen LogP contribution in [0, 0.1) is 0 Å². The lowest BCUT2D eigenvalue weighted by molar-refractivity contribution is -0.122. The zero-order chi connectivity index (χ0) is 12.0. The number of anilines is 2. The van der Waals surface area contributed by atoms with Gasteiger partial charge in [0.15, 0.2) is 0 Å². The summed E-state index contributed by atoms with van der Waals surface area (Å²) in [6, 6.07) is 5.32. The fourth-order valence-corrected chi connectivity index (χ4v) is 1.22. The molecule has 0 saturated heterocycles. The van der Waals surface area contributed by atoms with E-state index in [0.717, 1.165) is 5.56 Å².